The van der Waals surface area contributed by atoms with Crippen LogP contribution in [0, 0.1) is 0 Å². The average molecular weight is 375 g/mol. The summed E-state index contributed by atoms with van der Waals surface area (Å²) < 4.78 is 35.0. The van der Waals surface area contributed by atoms with E-state index in [2.05, 4.69) is 5.32 Å². The normalized spacial score (nSPS) is 17.0. The number of anilines is 1. The van der Waals surface area contributed by atoms with Crippen LogP contribution in [0.25, 0.3) is 0 Å². The highest BCUT2D eigenvalue weighted by Crippen LogP contribution is 2.22. The monoisotopic (exact) mass is 375 g/mol. The Balaban J connectivity index is 1.71. The van der Waals surface area contributed by atoms with Crippen LogP contribution in [-0.2, 0) is 14.6 Å². The molecule has 1 fully saturated rings. The van der Waals surface area contributed by atoms with Crippen molar-refractivity contribution < 1.29 is 22.7 Å². The fourth-order valence-electron chi connectivity index (χ4n) is 2.80. The van der Waals surface area contributed by atoms with Crippen molar-refractivity contribution in [1.29, 1.82) is 0 Å². The Labute approximate surface area is 153 Å². The standard InChI is InChI=1S/C19H21NO5S/c1-26(22,23)18-10-3-2-9-17(18)19(21)20-14-6-4-7-15(12-14)25-13-16-8-5-11-24-16/h2-4,6-7,9-10,12,16H,5,8,11,13H2,1H3,(H,20,21). The molecular weight excluding hydrogens is 354 g/mol. The number of ether oxygens (including phenoxy) is 2. The summed E-state index contributed by atoms with van der Waals surface area (Å²) in [6.45, 7) is 1.23. The Bertz CT molecular complexity index is 888. The molecule has 0 spiro atoms. The topological polar surface area (TPSA) is 81.7 Å². The molecule has 1 atom stereocenters. The molecule has 0 aromatic heterocycles. The third-order valence-electron chi connectivity index (χ3n) is 4.08. The molecule has 1 unspecified atom stereocenters. The first-order valence-electron chi connectivity index (χ1n) is 8.38. The highest BCUT2D eigenvalue weighted by Gasteiger charge is 2.19. The van der Waals surface area contributed by atoms with E-state index in [0.717, 1.165) is 25.7 Å². The van der Waals surface area contributed by atoms with Gasteiger partial charge in [-0.3, -0.25) is 4.79 Å². The molecule has 1 heterocycles. The molecule has 0 radical (unpaired) electrons. The lowest BCUT2D eigenvalue weighted by Crippen LogP contribution is -2.17. The van der Waals surface area contributed by atoms with Gasteiger partial charge in [-0.15, -0.1) is 0 Å². The quantitative estimate of drug-likeness (QED) is 0.840. The molecule has 0 saturated carbocycles. The largest absolute Gasteiger partial charge is 0.491 e. The van der Waals surface area contributed by atoms with Gasteiger partial charge in [0.15, 0.2) is 9.84 Å². The van der Waals surface area contributed by atoms with Gasteiger partial charge >= 0.3 is 0 Å². The van der Waals surface area contributed by atoms with Crippen molar-refractivity contribution >= 4 is 21.4 Å². The Morgan fingerprint density at radius 2 is 2.04 bits per heavy atom. The molecule has 1 aliphatic heterocycles. The van der Waals surface area contributed by atoms with Crippen LogP contribution in [0.2, 0.25) is 0 Å². The lowest BCUT2D eigenvalue weighted by molar-refractivity contribution is 0.0680. The molecule has 1 amide bonds. The minimum Gasteiger partial charge on any atom is -0.491 e. The van der Waals surface area contributed by atoms with Crippen LogP contribution >= 0.6 is 0 Å². The Kier molecular flexibility index (Phi) is 5.58. The number of benzene rings is 2. The third kappa shape index (κ3) is 4.62. The fraction of sp³-hybridized carbons (Fsp3) is 0.316. The summed E-state index contributed by atoms with van der Waals surface area (Å²) in [5.41, 5.74) is 0.642. The number of nitrogens with one attached hydrogen (secondary N) is 1. The van der Waals surface area contributed by atoms with E-state index in [9.17, 15) is 13.2 Å². The van der Waals surface area contributed by atoms with Gasteiger partial charge in [-0.1, -0.05) is 18.2 Å². The van der Waals surface area contributed by atoms with Crippen molar-refractivity contribution in [3.05, 3.63) is 54.1 Å². The number of sulfone groups is 1. The highest BCUT2D eigenvalue weighted by molar-refractivity contribution is 7.90. The molecule has 1 saturated heterocycles. The lowest BCUT2D eigenvalue weighted by Gasteiger charge is -2.13. The van der Waals surface area contributed by atoms with Crippen LogP contribution in [0.5, 0.6) is 5.75 Å². The number of rotatable bonds is 6. The van der Waals surface area contributed by atoms with Gasteiger partial charge in [-0.25, -0.2) is 8.42 Å². The molecule has 0 bridgehead atoms. The van der Waals surface area contributed by atoms with Crippen LogP contribution in [0.4, 0.5) is 5.69 Å². The van der Waals surface area contributed by atoms with Crippen molar-refractivity contribution in [2.45, 2.75) is 23.8 Å². The average Bonchev–Trinajstić information content (AvgIpc) is 3.13. The molecule has 0 aliphatic carbocycles. The first kappa shape index (κ1) is 18.4. The van der Waals surface area contributed by atoms with Crippen LogP contribution < -0.4 is 10.1 Å². The summed E-state index contributed by atoms with van der Waals surface area (Å²) in [5.74, 6) is 0.136. The number of carbonyl (C=O) groups is 1. The second-order valence-electron chi connectivity index (χ2n) is 6.20. The molecule has 26 heavy (non-hydrogen) atoms. The van der Waals surface area contributed by atoms with Gasteiger partial charge in [0, 0.05) is 24.6 Å². The van der Waals surface area contributed by atoms with Crippen molar-refractivity contribution in [2.24, 2.45) is 0 Å². The predicted molar refractivity (Wildman–Crippen MR) is 98.4 cm³/mol. The van der Waals surface area contributed by atoms with E-state index in [4.69, 9.17) is 9.47 Å². The second-order valence-corrected chi connectivity index (χ2v) is 8.18. The highest BCUT2D eigenvalue weighted by atomic mass is 32.2. The van der Waals surface area contributed by atoms with Gasteiger partial charge in [-0.2, -0.15) is 0 Å². The van der Waals surface area contributed by atoms with E-state index in [0.29, 0.717) is 18.0 Å². The van der Waals surface area contributed by atoms with Crippen LogP contribution in [-0.4, -0.2) is 39.9 Å². The zero-order chi connectivity index (χ0) is 18.6. The molecule has 2 aromatic rings. The number of carbonyl (C=O) groups excluding carboxylic acids is 1. The number of hydrogen-bond donors (Lipinski definition) is 1. The van der Waals surface area contributed by atoms with E-state index in [-0.39, 0.29) is 16.6 Å². The van der Waals surface area contributed by atoms with Crippen molar-refractivity contribution in [1.82, 2.24) is 0 Å². The zero-order valence-electron chi connectivity index (χ0n) is 14.5. The van der Waals surface area contributed by atoms with E-state index in [1.54, 1.807) is 36.4 Å². The molecule has 3 rings (SSSR count). The summed E-state index contributed by atoms with van der Waals surface area (Å²) in [6.07, 6.45) is 3.22. The Morgan fingerprint density at radius 3 is 2.77 bits per heavy atom. The minimum atomic E-state index is -3.50. The molecule has 1 N–H and O–H groups in total. The van der Waals surface area contributed by atoms with Gasteiger partial charge in [0.25, 0.3) is 5.91 Å². The van der Waals surface area contributed by atoms with Gasteiger partial charge in [-0.05, 0) is 37.1 Å². The van der Waals surface area contributed by atoms with Crippen molar-refractivity contribution in [3.63, 3.8) is 0 Å². The number of amides is 1. The maximum absolute atomic E-state index is 12.5. The van der Waals surface area contributed by atoms with Crippen LogP contribution in [0.1, 0.15) is 23.2 Å². The molecule has 7 heteroatoms. The minimum absolute atomic E-state index is 0.00304. The third-order valence-corrected chi connectivity index (χ3v) is 5.24. The zero-order valence-corrected chi connectivity index (χ0v) is 15.3. The first-order valence-corrected chi connectivity index (χ1v) is 10.3. The summed E-state index contributed by atoms with van der Waals surface area (Å²) in [4.78, 5) is 12.5. The maximum atomic E-state index is 12.5. The summed E-state index contributed by atoms with van der Waals surface area (Å²) in [6, 6.07) is 13.1. The molecular formula is C19H21NO5S. The summed E-state index contributed by atoms with van der Waals surface area (Å²) in [7, 11) is -3.50. The van der Waals surface area contributed by atoms with E-state index >= 15 is 0 Å². The van der Waals surface area contributed by atoms with Crippen LogP contribution in [0.15, 0.2) is 53.4 Å². The Hall–Kier alpha value is -2.38. The molecule has 2 aromatic carbocycles. The molecule has 1 aliphatic rings. The summed E-state index contributed by atoms with van der Waals surface area (Å²) in [5, 5.41) is 2.72. The van der Waals surface area contributed by atoms with E-state index in [1.807, 2.05) is 0 Å². The smallest absolute Gasteiger partial charge is 0.256 e. The molecule has 6 nitrogen and oxygen atoms in total. The number of hydrogen-bond acceptors (Lipinski definition) is 5. The van der Waals surface area contributed by atoms with Crippen molar-refractivity contribution in [3.8, 4) is 5.75 Å². The van der Waals surface area contributed by atoms with E-state index in [1.165, 1.54) is 12.1 Å². The van der Waals surface area contributed by atoms with E-state index < -0.39 is 15.7 Å². The van der Waals surface area contributed by atoms with Crippen molar-refractivity contribution in [2.75, 3.05) is 24.8 Å². The molecule has 138 valence electrons. The van der Waals surface area contributed by atoms with Gasteiger partial charge in [0.05, 0.1) is 16.6 Å². The summed E-state index contributed by atoms with van der Waals surface area (Å²) >= 11 is 0. The lowest BCUT2D eigenvalue weighted by atomic mass is 10.2. The first-order chi connectivity index (χ1) is 12.4. The maximum Gasteiger partial charge on any atom is 0.256 e. The van der Waals surface area contributed by atoms with Gasteiger partial charge in [0.2, 0.25) is 0 Å². The van der Waals surface area contributed by atoms with Gasteiger partial charge < -0.3 is 14.8 Å². The Morgan fingerprint density at radius 1 is 1.23 bits per heavy atom. The second kappa shape index (κ2) is 7.88. The SMILES string of the molecule is CS(=O)(=O)c1ccccc1C(=O)Nc1cccc(OCC2CCCO2)c1. The fourth-order valence-corrected chi connectivity index (χ4v) is 3.69. The van der Waals surface area contributed by atoms with Crippen LogP contribution in [0.3, 0.4) is 0 Å². The van der Waals surface area contributed by atoms with Gasteiger partial charge in [0.1, 0.15) is 12.4 Å². The predicted octanol–water partition coefficient (Wildman–Crippen LogP) is 2.90.